The van der Waals surface area contributed by atoms with Gasteiger partial charge in [-0.15, -0.1) is 10.2 Å². The van der Waals surface area contributed by atoms with Crippen molar-refractivity contribution in [2.24, 2.45) is 4.99 Å². The van der Waals surface area contributed by atoms with Crippen LogP contribution in [0.3, 0.4) is 0 Å². The van der Waals surface area contributed by atoms with Crippen LogP contribution in [0.4, 0.5) is 0 Å². The quantitative estimate of drug-likeness (QED) is 0.666. The molecule has 1 fully saturated rings. The molecule has 1 saturated carbocycles. The van der Waals surface area contributed by atoms with Gasteiger partial charge in [0.1, 0.15) is 18.1 Å². The third-order valence-corrected chi connectivity index (χ3v) is 5.18. The summed E-state index contributed by atoms with van der Waals surface area (Å²) in [4.78, 5) is 20.6. The Morgan fingerprint density at radius 3 is 2.81 bits per heavy atom. The lowest BCUT2D eigenvalue weighted by Gasteiger charge is -2.18. The second-order valence-electron chi connectivity index (χ2n) is 7.47. The number of aryl methyl sites for hydroxylation is 2. The third-order valence-electron chi connectivity index (χ3n) is 5.18. The predicted molar refractivity (Wildman–Crippen MR) is 112 cm³/mol. The van der Waals surface area contributed by atoms with Crippen molar-refractivity contribution in [1.29, 1.82) is 0 Å². The summed E-state index contributed by atoms with van der Waals surface area (Å²) in [5, 5.41) is 22.0. The Kier molecular flexibility index (Phi) is 6.13. The van der Waals surface area contributed by atoms with Crippen molar-refractivity contribution >= 4 is 11.6 Å². The third kappa shape index (κ3) is 4.83. The maximum atomic E-state index is 12.3. The van der Waals surface area contributed by atoms with Crippen molar-refractivity contribution in [1.82, 2.24) is 20.3 Å². The monoisotopic (exact) mass is 421 g/mol. The first-order chi connectivity index (χ1) is 15.0. The number of aliphatic hydroxyl groups is 1. The van der Waals surface area contributed by atoms with Crippen LogP contribution in [0.15, 0.2) is 40.0 Å². The van der Waals surface area contributed by atoms with Gasteiger partial charge in [0.05, 0.1) is 17.4 Å². The van der Waals surface area contributed by atoms with E-state index in [-0.39, 0.29) is 18.2 Å². The van der Waals surface area contributed by atoms with Crippen molar-refractivity contribution in [3.8, 4) is 17.1 Å². The Morgan fingerprint density at radius 1 is 1.23 bits per heavy atom. The van der Waals surface area contributed by atoms with E-state index in [1.165, 1.54) is 6.07 Å². The van der Waals surface area contributed by atoms with E-state index in [4.69, 9.17) is 9.26 Å². The molecule has 4 rings (SSSR count). The first-order valence-electron chi connectivity index (χ1n) is 10.2. The highest BCUT2D eigenvalue weighted by Crippen LogP contribution is 2.26. The molecule has 1 atom stereocenters. The van der Waals surface area contributed by atoms with Gasteiger partial charge in [0.25, 0.3) is 5.91 Å². The van der Waals surface area contributed by atoms with E-state index in [0.717, 1.165) is 29.7 Å². The topological polar surface area (TPSA) is 124 Å². The molecular weight excluding hydrogens is 398 g/mol. The molecule has 9 heteroatoms. The van der Waals surface area contributed by atoms with E-state index < -0.39 is 12.0 Å². The number of carbonyl (C=O) groups excluding carboxylic acids is 1. The summed E-state index contributed by atoms with van der Waals surface area (Å²) in [5.74, 6) is 0.381. The van der Waals surface area contributed by atoms with Crippen LogP contribution in [0.25, 0.3) is 11.3 Å². The van der Waals surface area contributed by atoms with Crippen LogP contribution < -0.4 is 4.74 Å². The van der Waals surface area contributed by atoms with E-state index in [0.29, 0.717) is 30.0 Å². The fourth-order valence-corrected chi connectivity index (χ4v) is 3.35. The molecule has 3 heterocycles. The summed E-state index contributed by atoms with van der Waals surface area (Å²) in [5.41, 5.74) is 3.80. The molecule has 1 amide bonds. The molecule has 31 heavy (non-hydrogen) atoms. The van der Waals surface area contributed by atoms with Crippen LogP contribution in [0, 0.1) is 13.8 Å². The normalized spacial score (nSPS) is 17.6. The van der Waals surface area contributed by atoms with Crippen LogP contribution in [0.5, 0.6) is 5.88 Å². The van der Waals surface area contributed by atoms with Gasteiger partial charge in [-0.3, -0.25) is 9.78 Å². The summed E-state index contributed by atoms with van der Waals surface area (Å²) in [7, 11) is 0. The number of pyridine rings is 1. The molecule has 0 unspecified atom stereocenters. The molecule has 0 radical (unpaired) electrons. The standard InChI is InChI=1S/C22H23N5O4/c1-13-7-8-15(11-23-13)21-16(14(2)31-27-21)12-30-20-10-9-18(25-26-20)22(29)24-17-5-3-4-6-19(17)28/h7-11,19,28H,3-6,12H2,1-2H3/t19-/m1/s1. The maximum Gasteiger partial charge on any atom is 0.297 e. The van der Waals surface area contributed by atoms with Crippen LogP contribution in [-0.4, -0.2) is 43.2 Å². The number of hydrogen-bond donors (Lipinski definition) is 1. The Labute approximate surface area is 179 Å². The van der Waals surface area contributed by atoms with Crippen molar-refractivity contribution in [3.05, 3.63) is 53.2 Å². The van der Waals surface area contributed by atoms with Gasteiger partial charge in [0, 0.05) is 23.5 Å². The number of ether oxygens (including phenoxy) is 1. The first-order valence-corrected chi connectivity index (χ1v) is 10.2. The lowest BCUT2D eigenvalue weighted by molar-refractivity contribution is 0.0993. The summed E-state index contributed by atoms with van der Waals surface area (Å²) in [6, 6.07) is 6.90. The van der Waals surface area contributed by atoms with E-state index in [1.54, 1.807) is 12.3 Å². The predicted octanol–water partition coefficient (Wildman–Crippen LogP) is 3.24. The van der Waals surface area contributed by atoms with Gasteiger partial charge in [-0.25, -0.2) is 4.99 Å². The van der Waals surface area contributed by atoms with Gasteiger partial charge in [-0.05, 0) is 51.3 Å². The lowest BCUT2D eigenvalue weighted by atomic mass is 9.95. The molecule has 0 spiro atoms. The van der Waals surface area contributed by atoms with Crippen LogP contribution >= 0.6 is 0 Å². The molecule has 0 saturated heterocycles. The van der Waals surface area contributed by atoms with Crippen LogP contribution in [0.2, 0.25) is 0 Å². The van der Waals surface area contributed by atoms with Gasteiger partial charge in [0.15, 0.2) is 5.69 Å². The summed E-state index contributed by atoms with van der Waals surface area (Å²) >= 11 is 0. The highest BCUT2D eigenvalue weighted by atomic mass is 16.5. The number of carbonyl (C=O) groups is 1. The van der Waals surface area contributed by atoms with E-state index >= 15 is 0 Å². The average molecular weight is 421 g/mol. The summed E-state index contributed by atoms with van der Waals surface area (Å²) in [6.45, 7) is 3.90. The zero-order valence-electron chi connectivity index (χ0n) is 17.4. The van der Waals surface area contributed by atoms with Crippen molar-refractivity contribution < 1.29 is 19.2 Å². The molecule has 0 bridgehead atoms. The van der Waals surface area contributed by atoms with Gasteiger partial charge >= 0.3 is 0 Å². The molecule has 1 aliphatic carbocycles. The number of nitrogens with zero attached hydrogens (tertiary/aromatic N) is 5. The average Bonchev–Trinajstić information content (AvgIpc) is 3.15. The minimum atomic E-state index is -0.655. The number of hydrogen-bond acceptors (Lipinski definition) is 8. The van der Waals surface area contributed by atoms with Gasteiger partial charge in [0.2, 0.25) is 5.88 Å². The SMILES string of the molecule is Cc1ccc(-c2noc(C)c2COc2ccc(C(=O)N=C3CCCC[C@H]3O)nn2)cn1. The zero-order chi connectivity index (χ0) is 21.8. The molecular formula is C22H23N5O4. The van der Waals surface area contributed by atoms with Crippen LogP contribution in [0.1, 0.15) is 53.2 Å². The van der Waals surface area contributed by atoms with E-state index in [9.17, 15) is 9.90 Å². The minimum Gasteiger partial charge on any atom is -0.472 e. The Hall–Kier alpha value is -3.46. The highest BCUT2D eigenvalue weighted by Gasteiger charge is 2.20. The smallest absolute Gasteiger partial charge is 0.297 e. The first kappa shape index (κ1) is 20.8. The molecule has 0 aromatic carbocycles. The Bertz CT molecular complexity index is 1090. The maximum absolute atomic E-state index is 12.3. The molecule has 160 valence electrons. The second-order valence-corrected chi connectivity index (χ2v) is 7.47. The van der Waals surface area contributed by atoms with Crippen LogP contribution in [-0.2, 0) is 6.61 Å². The summed E-state index contributed by atoms with van der Waals surface area (Å²) < 4.78 is 11.1. The number of amides is 1. The Morgan fingerprint density at radius 2 is 2.10 bits per heavy atom. The highest BCUT2D eigenvalue weighted by molar-refractivity contribution is 6.04. The van der Waals surface area contributed by atoms with Crippen molar-refractivity contribution in [3.63, 3.8) is 0 Å². The van der Waals surface area contributed by atoms with Gasteiger partial charge in [-0.1, -0.05) is 11.6 Å². The molecule has 0 aliphatic heterocycles. The number of aliphatic hydroxyl groups excluding tert-OH is 1. The van der Waals surface area contributed by atoms with Gasteiger partial charge < -0.3 is 14.4 Å². The molecule has 3 aromatic heterocycles. The summed E-state index contributed by atoms with van der Waals surface area (Å²) in [6.07, 6.45) is 4.20. The zero-order valence-corrected chi connectivity index (χ0v) is 17.4. The largest absolute Gasteiger partial charge is 0.472 e. The molecule has 1 N–H and O–H groups in total. The Balaban J connectivity index is 1.43. The minimum absolute atomic E-state index is 0.102. The van der Waals surface area contributed by atoms with Crippen molar-refractivity contribution in [2.45, 2.75) is 52.2 Å². The lowest BCUT2D eigenvalue weighted by Crippen LogP contribution is -2.25. The van der Waals surface area contributed by atoms with E-state index in [1.807, 2.05) is 26.0 Å². The number of rotatable bonds is 5. The van der Waals surface area contributed by atoms with Gasteiger partial charge in [-0.2, -0.15) is 0 Å². The van der Waals surface area contributed by atoms with E-state index in [2.05, 4.69) is 25.3 Å². The molecule has 1 aliphatic rings. The number of aromatic nitrogens is 4. The number of aliphatic imine (C=N–C) groups is 1. The second kappa shape index (κ2) is 9.13. The van der Waals surface area contributed by atoms with Crippen molar-refractivity contribution in [2.75, 3.05) is 0 Å². The molecule has 3 aromatic rings. The fourth-order valence-electron chi connectivity index (χ4n) is 3.35. The molecule has 9 nitrogen and oxygen atoms in total. The fraction of sp³-hybridized carbons (Fsp3) is 0.364.